The van der Waals surface area contributed by atoms with Crippen LogP contribution < -0.4 is 10.4 Å². The van der Waals surface area contributed by atoms with Gasteiger partial charge in [0.1, 0.15) is 5.76 Å². The molecule has 0 radical (unpaired) electrons. The van der Waals surface area contributed by atoms with Crippen LogP contribution in [0.15, 0.2) is 60.7 Å². The van der Waals surface area contributed by atoms with Crippen molar-refractivity contribution in [1.82, 2.24) is 0 Å². The van der Waals surface area contributed by atoms with Gasteiger partial charge >= 0.3 is 0 Å². The standard InChI is InChI=1S/C19H18O/c1-14(2)20-19-13-7-9-15-8-3-4-10-16(15)17-11-5-6-12-18(17)19/h3-14H,1-2H3/b9-7?,13-7-,15-9-,17-16-,19-13?,19-18+. The second-order valence-corrected chi connectivity index (χ2v) is 5.19. The van der Waals surface area contributed by atoms with E-state index >= 15 is 0 Å². The molecule has 1 aliphatic carbocycles. The summed E-state index contributed by atoms with van der Waals surface area (Å²) >= 11 is 0. The smallest absolute Gasteiger partial charge is 0.127 e. The van der Waals surface area contributed by atoms with Crippen LogP contribution >= 0.6 is 0 Å². The Morgan fingerprint density at radius 1 is 0.800 bits per heavy atom. The van der Waals surface area contributed by atoms with Crippen LogP contribution in [-0.2, 0) is 4.74 Å². The second-order valence-electron chi connectivity index (χ2n) is 5.19. The van der Waals surface area contributed by atoms with E-state index in [0.717, 1.165) is 11.0 Å². The molecule has 0 aromatic heterocycles. The minimum atomic E-state index is 0.164. The fourth-order valence-corrected chi connectivity index (χ4v) is 2.51. The van der Waals surface area contributed by atoms with Crippen molar-refractivity contribution in [1.29, 1.82) is 0 Å². The number of benzene rings is 2. The molecule has 0 atom stereocenters. The zero-order valence-corrected chi connectivity index (χ0v) is 11.8. The molecule has 0 N–H and O–H groups in total. The van der Waals surface area contributed by atoms with E-state index in [0.29, 0.717) is 0 Å². The third-order valence-corrected chi connectivity index (χ3v) is 3.33. The number of hydrogen-bond donors (Lipinski definition) is 0. The average Bonchev–Trinajstić information content (AvgIpc) is 2.45. The van der Waals surface area contributed by atoms with Gasteiger partial charge in [0.05, 0.1) is 6.10 Å². The van der Waals surface area contributed by atoms with Gasteiger partial charge in [0.2, 0.25) is 0 Å². The first-order valence-corrected chi connectivity index (χ1v) is 6.99. The van der Waals surface area contributed by atoms with Crippen molar-refractivity contribution < 1.29 is 4.74 Å². The summed E-state index contributed by atoms with van der Waals surface area (Å²) in [6, 6.07) is 16.9. The van der Waals surface area contributed by atoms with Crippen molar-refractivity contribution in [2.75, 3.05) is 0 Å². The molecule has 0 aliphatic heterocycles. The fourth-order valence-electron chi connectivity index (χ4n) is 2.51. The van der Waals surface area contributed by atoms with Gasteiger partial charge in [-0.05, 0) is 35.6 Å². The molecular formula is C19H18O. The number of hydrogen-bond acceptors (Lipinski definition) is 1. The molecule has 0 saturated heterocycles. The van der Waals surface area contributed by atoms with Crippen LogP contribution in [0.1, 0.15) is 13.8 Å². The first-order chi connectivity index (χ1) is 9.75. The molecule has 1 aliphatic rings. The summed E-state index contributed by atoms with van der Waals surface area (Å²) < 4.78 is 5.98. The Hall–Kier alpha value is -2.28. The van der Waals surface area contributed by atoms with E-state index in [1.54, 1.807) is 0 Å². The molecular weight excluding hydrogens is 244 g/mol. The summed E-state index contributed by atoms with van der Waals surface area (Å²) in [4.78, 5) is 0. The number of fused-ring (bicyclic) bond motifs is 2. The molecule has 0 heterocycles. The normalized spacial score (nSPS) is 20.9. The zero-order valence-electron chi connectivity index (χ0n) is 11.8. The van der Waals surface area contributed by atoms with Gasteiger partial charge in [-0.3, -0.25) is 0 Å². The molecule has 1 heteroatoms. The molecule has 2 aromatic rings. The van der Waals surface area contributed by atoms with Gasteiger partial charge in [0.15, 0.2) is 0 Å². The minimum absolute atomic E-state index is 0.164. The van der Waals surface area contributed by atoms with Gasteiger partial charge in [0.25, 0.3) is 0 Å². The van der Waals surface area contributed by atoms with Crippen molar-refractivity contribution in [2.24, 2.45) is 0 Å². The second kappa shape index (κ2) is 5.38. The van der Waals surface area contributed by atoms with Crippen molar-refractivity contribution in [3.63, 3.8) is 0 Å². The van der Waals surface area contributed by atoms with Crippen LogP contribution in [0.5, 0.6) is 0 Å². The Labute approximate surface area is 118 Å². The third kappa shape index (κ3) is 2.39. The number of rotatable bonds is 2. The lowest BCUT2D eigenvalue weighted by Gasteiger charge is -2.11. The van der Waals surface area contributed by atoms with E-state index in [4.69, 9.17) is 4.74 Å². The van der Waals surface area contributed by atoms with Crippen molar-refractivity contribution in [2.45, 2.75) is 20.0 Å². The van der Waals surface area contributed by atoms with E-state index in [1.807, 2.05) is 0 Å². The van der Waals surface area contributed by atoms with E-state index in [9.17, 15) is 0 Å². The molecule has 2 aromatic carbocycles. The van der Waals surface area contributed by atoms with Gasteiger partial charge in [0, 0.05) is 5.22 Å². The van der Waals surface area contributed by atoms with Gasteiger partial charge in [-0.2, -0.15) is 0 Å². The highest BCUT2D eigenvalue weighted by atomic mass is 16.5. The summed E-state index contributed by atoms with van der Waals surface area (Å²) in [6.45, 7) is 4.11. The van der Waals surface area contributed by atoms with Crippen molar-refractivity contribution >= 4 is 11.8 Å². The predicted molar refractivity (Wildman–Crippen MR) is 83.0 cm³/mol. The fraction of sp³-hybridized carbons (Fsp3) is 0.158. The first kappa shape index (κ1) is 12.7. The van der Waals surface area contributed by atoms with Crippen LogP contribution in [0.3, 0.4) is 0 Å². The highest BCUT2D eigenvalue weighted by Gasteiger charge is 2.02. The predicted octanol–water partition coefficient (Wildman–Crippen LogP) is 2.86. The minimum Gasteiger partial charge on any atom is -0.490 e. The average molecular weight is 262 g/mol. The molecule has 20 heavy (non-hydrogen) atoms. The maximum absolute atomic E-state index is 5.98. The largest absolute Gasteiger partial charge is 0.490 e. The molecule has 0 unspecified atom stereocenters. The quantitative estimate of drug-likeness (QED) is 0.808. The molecule has 0 saturated carbocycles. The van der Waals surface area contributed by atoms with E-state index in [-0.39, 0.29) is 6.10 Å². The Bertz CT molecular complexity index is 857. The summed E-state index contributed by atoms with van der Waals surface area (Å²) in [5.74, 6) is 0.932. The molecule has 0 amide bonds. The van der Waals surface area contributed by atoms with Crippen LogP contribution in [-0.4, -0.2) is 6.10 Å². The van der Waals surface area contributed by atoms with Crippen LogP contribution in [0.25, 0.3) is 11.8 Å². The topological polar surface area (TPSA) is 9.23 Å². The van der Waals surface area contributed by atoms with E-state index in [2.05, 4.69) is 80.6 Å². The van der Waals surface area contributed by atoms with Crippen molar-refractivity contribution in [3.05, 3.63) is 81.6 Å². The van der Waals surface area contributed by atoms with Gasteiger partial charge < -0.3 is 4.74 Å². The Balaban J connectivity index is 2.54. The van der Waals surface area contributed by atoms with Gasteiger partial charge in [-0.1, -0.05) is 60.7 Å². The lowest BCUT2D eigenvalue weighted by atomic mass is 10.1. The van der Waals surface area contributed by atoms with Crippen LogP contribution in [0.2, 0.25) is 0 Å². The van der Waals surface area contributed by atoms with Gasteiger partial charge in [-0.15, -0.1) is 0 Å². The molecule has 100 valence electrons. The SMILES string of the molecule is CC(C)OC1=c2\cccc\c2=c2/cccc/c2=C/C=C\1. The molecule has 3 rings (SSSR count). The van der Waals surface area contributed by atoms with E-state index in [1.165, 1.54) is 15.7 Å². The molecule has 0 spiro atoms. The van der Waals surface area contributed by atoms with E-state index < -0.39 is 0 Å². The number of ether oxygens (including phenoxy) is 1. The summed E-state index contributed by atoms with van der Waals surface area (Å²) in [5, 5.41) is 4.86. The first-order valence-electron chi connectivity index (χ1n) is 6.99. The van der Waals surface area contributed by atoms with Crippen LogP contribution in [0, 0.1) is 10.4 Å². The molecule has 1 nitrogen and oxygen atoms in total. The molecule has 0 fully saturated rings. The number of allylic oxidation sites excluding steroid dienone is 1. The zero-order chi connectivity index (χ0) is 13.9. The third-order valence-electron chi connectivity index (χ3n) is 3.33. The Morgan fingerprint density at radius 2 is 1.45 bits per heavy atom. The highest BCUT2D eigenvalue weighted by molar-refractivity contribution is 5.56. The molecule has 0 bridgehead atoms. The monoisotopic (exact) mass is 262 g/mol. The maximum atomic E-state index is 5.98. The highest BCUT2D eigenvalue weighted by Crippen LogP contribution is 2.06. The summed E-state index contributed by atoms with van der Waals surface area (Å²) in [6.07, 6.45) is 6.41. The lowest BCUT2D eigenvalue weighted by molar-refractivity contribution is 0.204. The van der Waals surface area contributed by atoms with Gasteiger partial charge in [-0.25, -0.2) is 0 Å². The lowest BCUT2D eigenvalue weighted by Crippen LogP contribution is -2.16. The summed E-state index contributed by atoms with van der Waals surface area (Å²) in [7, 11) is 0. The maximum Gasteiger partial charge on any atom is 0.127 e. The Morgan fingerprint density at radius 3 is 2.20 bits per heavy atom. The van der Waals surface area contributed by atoms with Crippen molar-refractivity contribution in [3.8, 4) is 0 Å². The Kier molecular flexibility index (Phi) is 3.42. The summed E-state index contributed by atoms with van der Waals surface area (Å²) in [5.41, 5.74) is 0. The van der Waals surface area contributed by atoms with Crippen LogP contribution in [0.4, 0.5) is 0 Å².